The molecule has 0 bridgehead atoms. The summed E-state index contributed by atoms with van der Waals surface area (Å²) in [4.78, 5) is -0.499. The number of halogens is 1. The van der Waals surface area contributed by atoms with Crippen molar-refractivity contribution < 1.29 is 22.3 Å². The molecule has 2 rings (SSSR count). The van der Waals surface area contributed by atoms with Crippen molar-refractivity contribution in [3.63, 3.8) is 0 Å². The van der Waals surface area contributed by atoms with Crippen LogP contribution in [0, 0.1) is 5.82 Å². The summed E-state index contributed by atoms with van der Waals surface area (Å²) < 4.78 is 51.6. The SMILES string of the molecule is CCc1ccccc1NS(=O)(=O)c1cc(OC)c(OC)cc1F. The standard InChI is InChI=1S/C16H18FNO4S/c1-4-11-7-5-6-8-13(11)18-23(19,20)16-10-15(22-3)14(21-2)9-12(16)17/h5-10,18H,4H2,1-3H3. The number of para-hydroxylation sites is 1. The van der Waals surface area contributed by atoms with E-state index in [0.717, 1.165) is 17.7 Å². The van der Waals surface area contributed by atoms with Gasteiger partial charge in [-0.1, -0.05) is 25.1 Å². The van der Waals surface area contributed by atoms with E-state index in [1.54, 1.807) is 12.1 Å². The number of aryl methyl sites for hydroxylation is 1. The van der Waals surface area contributed by atoms with Crippen molar-refractivity contribution in [2.75, 3.05) is 18.9 Å². The van der Waals surface area contributed by atoms with E-state index >= 15 is 0 Å². The fourth-order valence-electron chi connectivity index (χ4n) is 2.17. The van der Waals surface area contributed by atoms with Gasteiger partial charge in [0, 0.05) is 12.1 Å². The van der Waals surface area contributed by atoms with Crippen LogP contribution in [-0.2, 0) is 16.4 Å². The highest BCUT2D eigenvalue weighted by Crippen LogP contribution is 2.33. The zero-order valence-electron chi connectivity index (χ0n) is 13.1. The molecule has 0 aliphatic rings. The smallest absolute Gasteiger partial charge is 0.264 e. The normalized spacial score (nSPS) is 11.1. The van der Waals surface area contributed by atoms with Crippen LogP contribution in [0.5, 0.6) is 11.5 Å². The minimum absolute atomic E-state index is 0.123. The predicted octanol–water partition coefficient (Wildman–Crippen LogP) is 3.21. The van der Waals surface area contributed by atoms with E-state index in [9.17, 15) is 12.8 Å². The molecule has 1 N–H and O–H groups in total. The first kappa shape index (κ1) is 17.1. The van der Waals surface area contributed by atoms with Gasteiger partial charge in [-0.05, 0) is 18.1 Å². The predicted molar refractivity (Wildman–Crippen MR) is 86.1 cm³/mol. The average Bonchev–Trinajstić information content (AvgIpc) is 2.54. The topological polar surface area (TPSA) is 64.6 Å². The second-order valence-electron chi connectivity index (χ2n) is 4.75. The fourth-order valence-corrected chi connectivity index (χ4v) is 3.35. The summed E-state index contributed by atoms with van der Waals surface area (Å²) in [5.41, 5.74) is 1.24. The summed E-state index contributed by atoms with van der Waals surface area (Å²) in [5, 5.41) is 0. The third-order valence-corrected chi connectivity index (χ3v) is 4.75. The number of anilines is 1. The van der Waals surface area contributed by atoms with Crippen molar-refractivity contribution in [2.45, 2.75) is 18.2 Å². The van der Waals surface area contributed by atoms with Crippen molar-refractivity contribution in [3.8, 4) is 11.5 Å². The summed E-state index contributed by atoms with van der Waals surface area (Å²) in [5.74, 6) is -0.653. The van der Waals surface area contributed by atoms with Gasteiger partial charge in [-0.25, -0.2) is 12.8 Å². The molecule has 2 aromatic carbocycles. The molecule has 5 nitrogen and oxygen atoms in total. The van der Waals surface area contributed by atoms with Gasteiger partial charge in [0.25, 0.3) is 10.0 Å². The molecule has 0 aromatic heterocycles. The lowest BCUT2D eigenvalue weighted by molar-refractivity contribution is 0.350. The third kappa shape index (κ3) is 3.56. The van der Waals surface area contributed by atoms with Gasteiger partial charge in [0.05, 0.1) is 19.9 Å². The molecular formula is C16H18FNO4S. The van der Waals surface area contributed by atoms with E-state index in [2.05, 4.69) is 4.72 Å². The van der Waals surface area contributed by atoms with Crippen molar-refractivity contribution in [1.82, 2.24) is 0 Å². The van der Waals surface area contributed by atoms with Gasteiger partial charge in [-0.2, -0.15) is 0 Å². The minimum atomic E-state index is -4.09. The molecule has 7 heteroatoms. The van der Waals surface area contributed by atoms with E-state index in [4.69, 9.17) is 9.47 Å². The number of sulfonamides is 1. The molecule has 0 aliphatic carbocycles. The molecule has 0 heterocycles. The Kier molecular flexibility index (Phi) is 5.10. The van der Waals surface area contributed by atoms with Crippen LogP contribution in [0.4, 0.5) is 10.1 Å². The second-order valence-corrected chi connectivity index (χ2v) is 6.40. The van der Waals surface area contributed by atoms with E-state index in [1.165, 1.54) is 14.2 Å². The number of methoxy groups -OCH3 is 2. The van der Waals surface area contributed by atoms with Gasteiger partial charge in [-0.15, -0.1) is 0 Å². The Hall–Kier alpha value is -2.28. The molecule has 0 unspecified atom stereocenters. The van der Waals surface area contributed by atoms with Gasteiger partial charge in [-0.3, -0.25) is 4.72 Å². The van der Waals surface area contributed by atoms with Crippen LogP contribution in [-0.4, -0.2) is 22.6 Å². The molecular weight excluding hydrogens is 321 g/mol. The molecule has 0 saturated carbocycles. The van der Waals surface area contributed by atoms with Gasteiger partial charge in [0.1, 0.15) is 10.7 Å². The van der Waals surface area contributed by atoms with Crippen molar-refractivity contribution >= 4 is 15.7 Å². The molecule has 0 aliphatic heterocycles. The maximum absolute atomic E-state index is 14.2. The zero-order valence-corrected chi connectivity index (χ0v) is 13.9. The highest BCUT2D eigenvalue weighted by Gasteiger charge is 2.23. The van der Waals surface area contributed by atoms with Gasteiger partial charge in [0.15, 0.2) is 11.5 Å². The van der Waals surface area contributed by atoms with Gasteiger partial charge < -0.3 is 9.47 Å². The Morgan fingerprint density at radius 3 is 2.30 bits per heavy atom. The lowest BCUT2D eigenvalue weighted by Gasteiger charge is -2.14. The molecule has 0 atom stereocenters. The van der Waals surface area contributed by atoms with E-state index < -0.39 is 20.7 Å². The molecule has 23 heavy (non-hydrogen) atoms. The Bertz CT molecular complexity index is 806. The lowest BCUT2D eigenvalue weighted by Crippen LogP contribution is -2.16. The largest absolute Gasteiger partial charge is 0.493 e. The van der Waals surface area contributed by atoms with Crippen LogP contribution >= 0.6 is 0 Å². The summed E-state index contributed by atoms with van der Waals surface area (Å²) in [6, 6.07) is 9.05. The first-order chi connectivity index (χ1) is 10.9. The number of nitrogens with one attached hydrogen (secondary N) is 1. The summed E-state index contributed by atoms with van der Waals surface area (Å²) in [6.07, 6.45) is 0.646. The summed E-state index contributed by atoms with van der Waals surface area (Å²) >= 11 is 0. The average molecular weight is 339 g/mol. The number of benzene rings is 2. The number of hydrogen-bond donors (Lipinski definition) is 1. The molecule has 0 spiro atoms. The first-order valence-corrected chi connectivity index (χ1v) is 8.43. The van der Waals surface area contributed by atoms with Gasteiger partial charge in [0.2, 0.25) is 0 Å². The maximum Gasteiger partial charge on any atom is 0.264 e. The Morgan fingerprint density at radius 2 is 1.70 bits per heavy atom. The van der Waals surface area contributed by atoms with Crippen molar-refractivity contribution in [3.05, 3.63) is 47.8 Å². The minimum Gasteiger partial charge on any atom is -0.493 e. The molecule has 2 aromatic rings. The third-order valence-electron chi connectivity index (χ3n) is 3.37. The number of ether oxygens (including phenoxy) is 2. The highest BCUT2D eigenvalue weighted by molar-refractivity contribution is 7.92. The fraction of sp³-hybridized carbons (Fsp3) is 0.250. The summed E-state index contributed by atoms with van der Waals surface area (Å²) in [6.45, 7) is 1.91. The van der Waals surface area contributed by atoms with Crippen LogP contribution in [0.2, 0.25) is 0 Å². The highest BCUT2D eigenvalue weighted by atomic mass is 32.2. The first-order valence-electron chi connectivity index (χ1n) is 6.95. The van der Waals surface area contributed by atoms with Gasteiger partial charge >= 0.3 is 0 Å². The molecule has 0 saturated heterocycles. The van der Waals surface area contributed by atoms with Crippen LogP contribution in [0.3, 0.4) is 0 Å². The van der Waals surface area contributed by atoms with Crippen LogP contribution in [0.25, 0.3) is 0 Å². The van der Waals surface area contributed by atoms with E-state index in [-0.39, 0.29) is 11.5 Å². The molecule has 0 radical (unpaired) electrons. The number of rotatable bonds is 6. The van der Waals surface area contributed by atoms with E-state index in [0.29, 0.717) is 12.1 Å². The van der Waals surface area contributed by atoms with Crippen LogP contribution in [0.15, 0.2) is 41.3 Å². The Balaban J connectivity index is 2.48. The molecule has 0 amide bonds. The van der Waals surface area contributed by atoms with Crippen LogP contribution < -0.4 is 14.2 Å². The monoisotopic (exact) mass is 339 g/mol. The number of hydrogen-bond acceptors (Lipinski definition) is 4. The lowest BCUT2D eigenvalue weighted by atomic mass is 10.1. The Labute approximate surface area is 135 Å². The molecule has 124 valence electrons. The quantitative estimate of drug-likeness (QED) is 0.878. The Morgan fingerprint density at radius 1 is 1.09 bits per heavy atom. The zero-order chi connectivity index (χ0) is 17.0. The second kappa shape index (κ2) is 6.87. The van der Waals surface area contributed by atoms with Crippen LogP contribution in [0.1, 0.15) is 12.5 Å². The van der Waals surface area contributed by atoms with E-state index in [1.807, 2.05) is 19.1 Å². The maximum atomic E-state index is 14.2. The van der Waals surface area contributed by atoms with Crippen molar-refractivity contribution in [1.29, 1.82) is 0 Å². The van der Waals surface area contributed by atoms with Crippen molar-refractivity contribution in [2.24, 2.45) is 0 Å². The molecule has 0 fully saturated rings. The summed E-state index contributed by atoms with van der Waals surface area (Å²) in [7, 11) is -1.39.